The lowest BCUT2D eigenvalue weighted by atomic mass is 10.0. The van der Waals surface area contributed by atoms with Crippen LogP contribution in [0.4, 0.5) is 0 Å². The molecule has 7 nitrogen and oxygen atoms in total. The number of esters is 1. The number of hydrogen-bond acceptors (Lipinski definition) is 6. The van der Waals surface area contributed by atoms with E-state index in [0.29, 0.717) is 5.75 Å². The molecule has 0 heterocycles. The molecule has 0 aliphatic heterocycles. The fraction of sp³-hybridized carbons (Fsp3) is 0.529. The average Bonchev–Trinajstić information content (AvgIpc) is 2.57. The smallest absolute Gasteiger partial charge is 0.342 e. The van der Waals surface area contributed by atoms with Crippen LogP contribution >= 0.6 is 0 Å². The molecule has 0 fully saturated rings. The fourth-order valence-electron chi connectivity index (χ4n) is 1.97. The van der Waals surface area contributed by atoms with Gasteiger partial charge < -0.3 is 24.3 Å². The number of nitrogens with one attached hydrogen (secondary N) is 1. The first-order chi connectivity index (χ1) is 11.3. The second-order valence-electron chi connectivity index (χ2n) is 5.74. The summed E-state index contributed by atoms with van der Waals surface area (Å²) >= 11 is 0. The first-order valence-electron chi connectivity index (χ1n) is 7.56. The van der Waals surface area contributed by atoms with Crippen LogP contribution in [0.5, 0.6) is 17.2 Å². The van der Waals surface area contributed by atoms with Crippen LogP contribution in [0.1, 0.15) is 37.6 Å². The van der Waals surface area contributed by atoms with Crippen molar-refractivity contribution in [2.24, 2.45) is 0 Å². The van der Waals surface area contributed by atoms with Crippen molar-refractivity contribution in [3.63, 3.8) is 0 Å². The van der Waals surface area contributed by atoms with Crippen molar-refractivity contribution in [2.45, 2.75) is 32.7 Å². The topological polar surface area (TPSA) is 83.1 Å². The first-order valence-corrected chi connectivity index (χ1v) is 7.56. The summed E-state index contributed by atoms with van der Waals surface area (Å²) in [6, 6.07) is 3.06. The van der Waals surface area contributed by atoms with Gasteiger partial charge in [-0.15, -0.1) is 0 Å². The Labute approximate surface area is 142 Å². The molecule has 134 valence electrons. The van der Waals surface area contributed by atoms with E-state index < -0.39 is 5.97 Å². The first kappa shape index (κ1) is 19.6. The van der Waals surface area contributed by atoms with E-state index in [1.165, 1.54) is 27.4 Å². The summed E-state index contributed by atoms with van der Waals surface area (Å²) < 4.78 is 20.7. The highest BCUT2D eigenvalue weighted by atomic mass is 16.5. The normalized spacial score (nSPS) is 10.8. The van der Waals surface area contributed by atoms with Crippen LogP contribution in [0, 0.1) is 0 Å². The molecule has 0 aromatic heterocycles. The molecule has 1 aromatic carbocycles. The molecule has 0 aliphatic rings. The van der Waals surface area contributed by atoms with Crippen molar-refractivity contribution < 1.29 is 28.5 Å². The van der Waals surface area contributed by atoms with Gasteiger partial charge >= 0.3 is 5.97 Å². The molecule has 24 heavy (non-hydrogen) atoms. The van der Waals surface area contributed by atoms with Crippen LogP contribution in [0.25, 0.3) is 0 Å². The Morgan fingerprint density at radius 1 is 1.04 bits per heavy atom. The number of ether oxygens (including phenoxy) is 4. The Kier molecular flexibility index (Phi) is 6.88. The molecule has 0 unspecified atom stereocenters. The molecule has 0 atom stereocenters. The second-order valence-corrected chi connectivity index (χ2v) is 5.74. The SMILES string of the molecule is CCC(C)(C)NC(=O)COC(=O)c1ccc(OC)c(OC)c1OC. The van der Waals surface area contributed by atoms with E-state index in [9.17, 15) is 9.59 Å². The maximum Gasteiger partial charge on any atom is 0.342 e. The van der Waals surface area contributed by atoms with Gasteiger partial charge in [-0.2, -0.15) is 0 Å². The van der Waals surface area contributed by atoms with Gasteiger partial charge in [0.1, 0.15) is 5.56 Å². The van der Waals surface area contributed by atoms with Crippen molar-refractivity contribution in [1.29, 1.82) is 0 Å². The zero-order valence-corrected chi connectivity index (χ0v) is 15.0. The maximum absolute atomic E-state index is 12.3. The van der Waals surface area contributed by atoms with Gasteiger partial charge in [0.05, 0.1) is 21.3 Å². The molecule has 0 spiro atoms. The molecule has 7 heteroatoms. The Bertz CT molecular complexity index is 597. The van der Waals surface area contributed by atoms with E-state index in [4.69, 9.17) is 18.9 Å². The average molecular weight is 339 g/mol. The van der Waals surface area contributed by atoms with Gasteiger partial charge in [-0.25, -0.2) is 4.79 Å². The lowest BCUT2D eigenvalue weighted by molar-refractivity contribution is -0.125. The summed E-state index contributed by atoms with van der Waals surface area (Å²) in [4.78, 5) is 24.1. The predicted octanol–water partition coefficient (Wildman–Crippen LogP) is 2.17. The maximum atomic E-state index is 12.3. The number of rotatable bonds is 8. The molecular formula is C17H25NO6. The van der Waals surface area contributed by atoms with E-state index in [1.54, 1.807) is 6.07 Å². The Morgan fingerprint density at radius 3 is 2.17 bits per heavy atom. The predicted molar refractivity (Wildman–Crippen MR) is 88.9 cm³/mol. The van der Waals surface area contributed by atoms with E-state index in [0.717, 1.165) is 6.42 Å². The highest BCUT2D eigenvalue weighted by molar-refractivity contribution is 5.95. The van der Waals surface area contributed by atoms with Crippen LogP contribution in [0.15, 0.2) is 12.1 Å². The number of benzene rings is 1. The molecule has 1 rings (SSSR count). The van der Waals surface area contributed by atoms with Gasteiger partial charge in [-0.1, -0.05) is 6.92 Å². The number of carbonyl (C=O) groups excluding carboxylic acids is 2. The van der Waals surface area contributed by atoms with E-state index in [1.807, 2.05) is 20.8 Å². The number of amides is 1. The van der Waals surface area contributed by atoms with Crippen molar-refractivity contribution >= 4 is 11.9 Å². The minimum absolute atomic E-state index is 0.151. The molecule has 0 radical (unpaired) electrons. The highest BCUT2D eigenvalue weighted by Crippen LogP contribution is 2.39. The van der Waals surface area contributed by atoms with Crippen LogP contribution in [0.2, 0.25) is 0 Å². The lowest BCUT2D eigenvalue weighted by Crippen LogP contribution is -2.44. The van der Waals surface area contributed by atoms with Crippen LogP contribution in [-0.4, -0.2) is 45.4 Å². The summed E-state index contributed by atoms with van der Waals surface area (Å²) in [6.45, 7) is 5.37. The second kappa shape index (κ2) is 8.42. The number of carbonyl (C=O) groups is 2. The third-order valence-corrected chi connectivity index (χ3v) is 3.62. The van der Waals surface area contributed by atoms with Crippen LogP contribution < -0.4 is 19.5 Å². The Balaban J connectivity index is 2.87. The standard InChI is InChI=1S/C17H25NO6/c1-7-17(2,3)18-13(19)10-24-16(20)11-8-9-12(21-4)15(23-6)14(11)22-5/h8-9H,7,10H2,1-6H3,(H,18,19). The van der Waals surface area contributed by atoms with Gasteiger partial charge in [0, 0.05) is 5.54 Å². The molecule has 1 amide bonds. The minimum Gasteiger partial charge on any atom is -0.493 e. The minimum atomic E-state index is -0.683. The molecule has 0 bridgehead atoms. The van der Waals surface area contributed by atoms with Crippen LogP contribution in [-0.2, 0) is 9.53 Å². The summed E-state index contributed by atoms with van der Waals surface area (Å²) in [6.07, 6.45) is 0.760. The zero-order valence-electron chi connectivity index (χ0n) is 15.0. The molecule has 0 aliphatic carbocycles. The third kappa shape index (κ3) is 4.78. The largest absolute Gasteiger partial charge is 0.493 e. The van der Waals surface area contributed by atoms with Gasteiger partial charge in [-0.05, 0) is 32.4 Å². The fourth-order valence-corrected chi connectivity index (χ4v) is 1.97. The van der Waals surface area contributed by atoms with Crippen LogP contribution in [0.3, 0.4) is 0 Å². The van der Waals surface area contributed by atoms with Crippen molar-refractivity contribution in [3.05, 3.63) is 17.7 Å². The van der Waals surface area contributed by atoms with Gasteiger partial charge in [0.15, 0.2) is 18.1 Å². The third-order valence-electron chi connectivity index (χ3n) is 3.62. The molecule has 0 saturated carbocycles. The quantitative estimate of drug-likeness (QED) is 0.731. The van der Waals surface area contributed by atoms with E-state index >= 15 is 0 Å². The summed E-state index contributed by atoms with van der Waals surface area (Å²) in [5, 5.41) is 2.79. The monoisotopic (exact) mass is 339 g/mol. The van der Waals surface area contributed by atoms with Crippen molar-refractivity contribution in [1.82, 2.24) is 5.32 Å². The highest BCUT2D eigenvalue weighted by Gasteiger charge is 2.23. The summed E-state index contributed by atoms with van der Waals surface area (Å²) in [5.74, 6) is -0.151. The molecule has 1 aromatic rings. The lowest BCUT2D eigenvalue weighted by Gasteiger charge is -2.24. The van der Waals surface area contributed by atoms with Gasteiger partial charge in [0.25, 0.3) is 5.91 Å². The van der Waals surface area contributed by atoms with Crippen molar-refractivity contribution in [3.8, 4) is 17.2 Å². The van der Waals surface area contributed by atoms with E-state index in [-0.39, 0.29) is 35.1 Å². The van der Waals surface area contributed by atoms with Crippen molar-refractivity contribution in [2.75, 3.05) is 27.9 Å². The van der Waals surface area contributed by atoms with E-state index in [2.05, 4.69) is 5.32 Å². The molecular weight excluding hydrogens is 314 g/mol. The number of methoxy groups -OCH3 is 3. The van der Waals surface area contributed by atoms with Gasteiger partial charge in [-0.3, -0.25) is 4.79 Å². The zero-order chi connectivity index (χ0) is 18.3. The summed E-state index contributed by atoms with van der Waals surface area (Å²) in [7, 11) is 4.33. The molecule has 1 N–H and O–H groups in total. The Morgan fingerprint density at radius 2 is 1.67 bits per heavy atom. The summed E-state index contributed by atoms with van der Waals surface area (Å²) in [5.41, 5.74) is -0.206. The Hall–Kier alpha value is -2.44. The number of hydrogen-bond donors (Lipinski definition) is 1. The molecule has 0 saturated heterocycles. The van der Waals surface area contributed by atoms with Gasteiger partial charge in [0.2, 0.25) is 5.75 Å².